The molecule has 5 heteroatoms. The van der Waals surface area contributed by atoms with Crippen LogP contribution in [0.1, 0.15) is 78.1 Å². The van der Waals surface area contributed by atoms with Crippen molar-refractivity contribution in [2.75, 3.05) is 6.54 Å². The molecule has 3 rings (SSSR count). The van der Waals surface area contributed by atoms with Crippen LogP contribution in [0.2, 0.25) is 0 Å². The predicted molar refractivity (Wildman–Crippen MR) is 118 cm³/mol. The van der Waals surface area contributed by atoms with Crippen LogP contribution in [0.15, 0.2) is 29.1 Å². The zero-order chi connectivity index (χ0) is 21.0. The van der Waals surface area contributed by atoms with E-state index in [1.54, 1.807) is 4.57 Å². The van der Waals surface area contributed by atoms with E-state index in [0.717, 1.165) is 6.42 Å². The summed E-state index contributed by atoms with van der Waals surface area (Å²) in [7, 11) is 0. The Morgan fingerprint density at radius 2 is 1.90 bits per heavy atom. The average Bonchev–Trinajstić information content (AvgIpc) is 3.23. The molecule has 1 atom stereocenters. The third-order valence-corrected chi connectivity index (χ3v) is 6.17. The highest BCUT2D eigenvalue weighted by Gasteiger charge is 2.27. The Bertz CT molecular complexity index is 897. The molecule has 0 spiro atoms. The third kappa shape index (κ3) is 4.88. The first-order chi connectivity index (χ1) is 13.9. The molecule has 0 aliphatic heterocycles. The van der Waals surface area contributed by atoms with Crippen molar-refractivity contribution in [1.29, 1.82) is 0 Å². The molecule has 29 heavy (non-hydrogen) atoms. The Balaban J connectivity index is 1.91. The minimum Gasteiger partial charge on any atom is -0.333 e. The molecule has 158 valence electrons. The maximum absolute atomic E-state index is 13.2. The summed E-state index contributed by atoms with van der Waals surface area (Å²) in [6, 6.07) is 7.24. The average molecular weight is 398 g/mol. The van der Waals surface area contributed by atoms with Crippen LogP contribution in [0.4, 0.5) is 0 Å². The van der Waals surface area contributed by atoms with Crippen LogP contribution in [0.5, 0.6) is 0 Å². The smallest absolute Gasteiger partial charge is 0.261 e. The van der Waals surface area contributed by atoms with Crippen LogP contribution in [0, 0.1) is 11.8 Å². The van der Waals surface area contributed by atoms with Gasteiger partial charge in [0, 0.05) is 19.5 Å². The van der Waals surface area contributed by atoms with E-state index < -0.39 is 0 Å². The fourth-order valence-corrected chi connectivity index (χ4v) is 4.59. The second kappa shape index (κ2) is 9.55. The van der Waals surface area contributed by atoms with Gasteiger partial charge < -0.3 is 4.90 Å². The van der Waals surface area contributed by atoms with Gasteiger partial charge in [-0.05, 0) is 44.2 Å². The summed E-state index contributed by atoms with van der Waals surface area (Å²) < 4.78 is 1.73. The molecule has 1 aliphatic carbocycles. The van der Waals surface area contributed by atoms with Crippen molar-refractivity contribution in [2.45, 2.75) is 78.8 Å². The monoisotopic (exact) mass is 397 g/mol. The van der Waals surface area contributed by atoms with Crippen molar-refractivity contribution in [2.24, 2.45) is 11.8 Å². The highest BCUT2D eigenvalue weighted by molar-refractivity contribution is 5.78. The van der Waals surface area contributed by atoms with E-state index in [2.05, 4.69) is 13.8 Å². The van der Waals surface area contributed by atoms with Crippen LogP contribution in [0.3, 0.4) is 0 Å². The van der Waals surface area contributed by atoms with Crippen LogP contribution in [0.25, 0.3) is 10.9 Å². The van der Waals surface area contributed by atoms with E-state index in [0.29, 0.717) is 48.1 Å². The van der Waals surface area contributed by atoms with Crippen molar-refractivity contribution in [1.82, 2.24) is 14.5 Å². The van der Waals surface area contributed by atoms with Gasteiger partial charge in [-0.1, -0.05) is 51.7 Å². The van der Waals surface area contributed by atoms with Gasteiger partial charge in [-0.2, -0.15) is 0 Å². The van der Waals surface area contributed by atoms with E-state index in [1.807, 2.05) is 43.0 Å². The lowest BCUT2D eigenvalue weighted by Crippen LogP contribution is -2.39. The molecule has 2 aromatic rings. The molecule has 0 N–H and O–H groups in total. The predicted octanol–water partition coefficient (Wildman–Crippen LogP) is 4.93. The summed E-state index contributed by atoms with van der Waals surface area (Å²) >= 11 is 0. The number of para-hydroxylation sites is 1. The third-order valence-electron chi connectivity index (χ3n) is 6.17. The number of carbonyl (C=O) groups is 1. The molecule has 1 unspecified atom stereocenters. The molecule has 1 aromatic heterocycles. The van der Waals surface area contributed by atoms with Crippen molar-refractivity contribution in [3.8, 4) is 0 Å². The fourth-order valence-electron chi connectivity index (χ4n) is 4.59. The van der Waals surface area contributed by atoms with Crippen LogP contribution in [-0.4, -0.2) is 26.9 Å². The van der Waals surface area contributed by atoms with Crippen LogP contribution >= 0.6 is 0 Å². The lowest BCUT2D eigenvalue weighted by molar-refractivity contribution is -0.134. The van der Waals surface area contributed by atoms with Gasteiger partial charge in [-0.25, -0.2) is 4.98 Å². The summed E-state index contributed by atoms with van der Waals surface area (Å²) in [4.78, 5) is 33.0. The summed E-state index contributed by atoms with van der Waals surface area (Å²) in [6.07, 6.45) is 6.68. The van der Waals surface area contributed by atoms with Crippen molar-refractivity contribution < 1.29 is 4.79 Å². The Kier molecular flexibility index (Phi) is 7.09. The Labute approximate surface area is 174 Å². The van der Waals surface area contributed by atoms with E-state index in [9.17, 15) is 9.59 Å². The molecule has 0 saturated heterocycles. The number of nitrogens with zero attached hydrogens (tertiary/aromatic N) is 3. The van der Waals surface area contributed by atoms with Crippen molar-refractivity contribution in [3.05, 3.63) is 40.4 Å². The Morgan fingerprint density at radius 1 is 1.21 bits per heavy atom. The van der Waals surface area contributed by atoms with Crippen LogP contribution in [-0.2, 0) is 11.3 Å². The molecular weight excluding hydrogens is 362 g/mol. The molecule has 1 amide bonds. The molecule has 0 bridgehead atoms. The normalized spacial score (nSPS) is 15.9. The highest BCUT2D eigenvalue weighted by atomic mass is 16.2. The molecule has 1 fully saturated rings. The van der Waals surface area contributed by atoms with Gasteiger partial charge in [0.2, 0.25) is 5.91 Å². The van der Waals surface area contributed by atoms with E-state index in [1.165, 1.54) is 25.7 Å². The van der Waals surface area contributed by atoms with Crippen molar-refractivity contribution >= 4 is 16.8 Å². The number of carbonyl (C=O) groups excluding carboxylic acids is 1. The molecule has 5 nitrogen and oxygen atoms in total. The van der Waals surface area contributed by atoms with E-state index >= 15 is 0 Å². The number of benzene rings is 1. The first kappa shape index (κ1) is 21.5. The van der Waals surface area contributed by atoms with Gasteiger partial charge in [0.1, 0.15) is 5.82 Å². The quantitative estimate of drug-likeness (QED) is 0.634. The molecule has 1 saturated carbocycles. The number of hydrogen-bond acceptors (Lipinski definition) is 3. The zero-order valence-electron chi connectivity index (χ0n) is 18.4. The minimum absolute atomic E-state index is 0.0251. The maximum atomic E-state index is 13.2. The lowest BCUT2D eigenvalue weighted by Gasteiger charge is -2.32. The molecular formula is C24H35N3O2. The lowest BCUT2D eigenvalue weighted by atomic mass is 10.0. The molecule has 1 aliphatic rings. The van der Waals surface area contributed by atoms with Crippen LogP contribution < -0.4 is 5.56 Å². The minimum atomic E-state index is -0.231. The number of hydrogen-bond donors (Lipinski definition) is 0. The molecule has 1 aromatic carbocycles. The maximum Gasteiger partial charge on any atom is 0.261 e. The highest BCUT2D eigenvalue weighted by Crippen LogP contribution is 2.30. The van der Waals surface area contributed by atoms with Gasteiger partial charge in [0.25, 0.3) is 5.56 Å². The van der Waals surface area contributed by atoms with Gasteiger partial charge in [-0.3, -0.25) is 14.2 Å². The first-order valence-corrected chi connectivity index (χ1v) is 11.2. The van der Waals surface area contributed by atoms with Gasteiger partial charge >= 0.3 is 0 Å². The number of rotatable bonds is 8. The zero-order valence-corrected chi connectivity index (χ0v) is 18.4. The summed E-state index contributed by atoms with van der Waals surface area (Å²) in [5.41, 5.74) is 0.676. The van der Waals surface area contributed by atoms with E-state index in [4.69, 9.17) is 4.98 Å². The summed E-state index contributed by atoms with van der Waals surface area (Å²) in [5, 5.41) is 0.633. The largest absolute Gasteiger partial charge is 0.333 e. The van der Waals surface area contributed by atoms with Gasteiger partial charge in [0.05, 0.1) is 16.9 Å². The fraction of sp³-hybridized carbons (Fsp3) is 0.625. The van der Waals surface area contributed by atoms with E-state index in [-0.39, 0.29) is 17.5 Å². The Morgan fingerprint density at radius 3 is 2.55 bits per heavy atom. The second-order valence-corrected chi connectivity index (χ2v) is 8.84. The summed E-state index contributed by atoms with van der Waals surface area (Å²) in [5.74, 6) is 1.92. The first-order valence-electron chi connectivity index (χ1n) is 11.2. The number of amides is 1. The molecule has 1 heterocycles. The summed E-state index contributed by atoms with van der Waals surface area (Å²) in [6.45, 7) is 9.45. The van der Waals surface area contributed by atoms with Gasteiger partial charge in [-0.15, -0.1) is 0 Å². The number of aromatic nitrogens is 2. The van der Waals surface area contributed by atoms with Crippen molar-refractivity contribution in [3.63, 3.8) is 0 Å². The number of fused-ring (bicyclic) bond motifs is 1. The standard InChI is InChI=1S/C24H35N3O2/c1-5-26-23(25-21-13-9-8-12-20(21)24(26)29)18(4)27(16-17(2)3)22(28)15-14-19-10-6-7-11-19/h8-9,12-13,17-19H,5-7,10-11,14-16H2,1-4H3. The topological polar surface area (TPSA) is 55.2 Å². The Hall–Kier alpha value is -2.17. The molecule has 0 radical (unpaired) electrons. The second-order valence-electron chi connectivity index (χ2n) is 8.84. The van der Waals surface area contributed by atoms with Gasteiger partial charge in [0.15, 0.2) is 0 Å². The SMILES string of the molecule is CCn1c(C(C)N(CC(C)C)C(=O)CCC2CCCC2)nc2ccccc2c1=O.